The molecule has 2 aliphatic rings. The van der Waals surface area contributed by atoms with E-state index in [9.17, 15) is 31.1 Å². The fourth-order valence-corrected chi connectivity index (χ4v) is 8.65. The number of nitrogens with one attached hydrogen (secondary N) is 1. The molecule has 2 aliphatic heterocycles. The van der Waals surface area contributed by atoms with E-state index in [1.54, 1.807) is 83.8 Å². The van der Waals surface area contributed by atoms with E-state index in [-0.39, 0.29) is 48.5 Å². The van der Waals surface area contributed by atoms with Gasteiger partial charge in [0.2, 0.25) is 5.91 Å². The first-order chi connectivity index (χ1) is 26.9. The van der Waals surface area contributed by atoms with E-state index in [0.29, 0.717) is 56.7 Å². The number of hydrogen-bond donors (Lipinski definition) is 1. The van der Waals surface area contributed by atoms with Crippen molar-refractivity contribution in [2.24, 2.45) is 0 Å². The molecule has 4 heterocycles. The number of thiophene rings is 2. The molecule has 1 N–H and O–H groups in total. The van der Waals surface area contributed by atoms with Crippen molar-refractivity contribution in [3.05, 3.63) is 140 Å². The molecule has 4 aromatic carbocycles. The average molecular weight is 864 g/mol. The Balaban J connectivity index is 0.000000191. The standard InChI is InChI=1S/C22H17ClF3NO2S.C20H16F3NOS.ClH/c23-12-20(28)27-9-8-15-10-16(6-7-19(15)27)29-13-17-11-18(14-4-2-1-3-5-14)21(30-17)22(24,25)26;21-20(22,23)19-17(13-4-2-1-3-5-13)11-16(26-19)12-25-15-6-7-18-14(10-15)8-9-24-18;/h1-7,10-11H,8-9,12-13H2;1-7,10-11,24H,8-9,12H2;1H. The molecule has 0 radical (unpaired) electrons. The zero-order valence-electron chi connectivity index (χ0n) is 29.9. The van der Waals surface area contributed by atoms with Gasteiger partial charge in [-0.2, -0.15) is 26.3 Å². The lowest BCUT2D eigenvalue weighted by Gasteiger charge is -2.16. The molecule has 0 spiro atoms. The molecule has 15 heteroatoms. The molecule has 5 nitrogen and oxygen atoms in total. The molecule has 298 valence electrons. The highest BCUT2D eigenvalue weighted by molar-refractivity contribution is 7.13. The number of carbonyl (C=O) groups is 1. The molecule has 2 aromatic heterocycles. The van der Waals surface area contributed by atoms with Crippen molar-refractivity contribution in [3.63, 3.8) is 0 Å². The van der Waals surface area contributed by atoms with Gasteiger partial charge in [0.15, 0.2) is 0 Å². The lowest BCUT2D eigenvalue weighted by molar-refractivity contribution is -0.134. The summed E-state index contributed by atoms with van der Waals surface area (Å²) in [5.74, 6) is 0.991. The highest BCUT2D eigenvalue weighted by atomic mass is 35.5. The second kappa shape index (κ2) is 17.8. The Labute approximate surface area is 344 Å². The van der Waals surface area contributed by atoms with Crippen LogP contribution in [0.4, 0.5) is 37.7 Å². The monoisotopic (exact) mass is 862 g/mol. The van der Waals surface area contributed by atoms with Crippen LogP contribution >= 0.6 is 46.7 Å². The average Bonchev–Trinajstić information content (AvgIpc) is 4.02. The second-order valence-corrected chi connectivity index (χ2v) is 15.5. The Morgan fingerprint density at radius 1 is 0.684 bits per heavy atom. The zero-order chi connectivity index (χ0) is 39.5. The third-order valence-electron chi connectivity index (χ3n) is 9.16. The maximum Gasteiger partial charge on any atom is 0.426 e. The summed E-state index contributed by atoms with van der Waals surface area (Å²) < 4.78 is 92.3. The maximum absolute atomic E-state index is 13.5. The minimum atomic E-state index is -4.43. The number of benzene rings is 4. The van der Waals surface area contributed by atoms with E-state index in [4.69, 9.17) is 21.1 Å². The van der Waals surface area contributed by atoms with Crippen LogP contribution in [-0.4, -0.2) is 24.9 Å². The van der Waals surface area contributed by atoms with Crippen LogP contribution in [0.15, 0.2) is 109 Å². The maximum atomic E-state index is 13.5. The van der Waals surface area contributed by atoms with Crippen LogP contribution in [0.3, 0.4) is 0 Å². The number of ether oxygens (including phenoxy) is 2. The topological polar surface area (TPSA) is 50.8 Å². The van der Waals surface area contributed by atoms with Crippen LogP contribution in [0.2, 0.25) is 0 Å². The summed E-state index contributed by atoms with van der Waals surface area (Å²) in [4.78, 5) is 13.3. The molecule has 6 aromatic rings. The lowest BCUT2D eigenvalue weighted by atomic mass is 10.1. The minimum absolute atomic E-state index is 0. The molecular weight excluding hydrogens is 830 g/mol. The highest BCUT2D eigenvalue weighted by Crippen LogP contribution is 2.44. The molecular formula is C42H34Cl2F6N2O3S2. The Morgan fingerprint density at radius 3 is 1.70 bits per heavy atom. The molecule has 8 rings (SSSR count). The fourth-order valence-electron chi connectivity index (χ4n) is 6.59. The van der Waals surface area contributed by atoms with Crippen molar-refractivity contribution >= 4 is 64.0 Å². The zero-order valence-corrected chi connectivity index (χ0v) is 33.1. The summed E-state index contributed by atoms with van der Waals surface area (Å²) in [6, 6.07) is 31.4. The minimum Gasteiger partial charge on any atom is -0.488 e. The molecule has 57 heavy (non-hydrogen) atoms. The second-order valence-electron chi connectivity index (χ2n) is 12.9. The van der Waals surface area contributed by atoms with Gasteiger partial charge in [0.05, 0.1) is 0 Å². The van der Waals surface area contributed by atoms with Gasteiger partial charge in [0, 0.05) is 45.3 Å². The first-order valence-corrected chi connectivity index (χ1v) is 19.7. The van der Waals surface area contributed by atoms with Crippen LogP contribution < -0.4 is 19.7 Å². The summed E-state index contributed by atoms with van der Waals surface area (Å²) in [5, 5.41) is 3.27. The van der Waals surface area contributed by atoms with Crippen LogP contribution in [0, 0.1) is 0 Å². The number of anilines is 2. The smallest absolute Gasteiger partial charge is 0.426 e. The number of rotatable bonds is 9. The van der Waals surface area contributed by atoms with Crippen molar-refractivity contribution in [1.82, 2.24) is 0 Å². The van der Waals surface area contributed by atoms with Crippen molar-refractivity contribution in [2.75, 3.05) is 29.2 Å². The van der Waals surface area contributed by atoms with Gasteiger partial charge in [0.25, 0.3) is 0 Å². The van der Waals surface area contributed by atoms with Crippen LogP contribution in [0.1, 0.15) is 30.6 Å². The largest absolute Gasteiger partial charge is 0.488 e. The third-order valence-corrected chi connectivity index (χ3v) is 11.7. The number of carbonyl (C=O) groups excluding carboxylic acids is 1. The van der Waals surface area contributed by atoms with Crippen LogP contribution in [-0.2, 0) is 43.2 Å². The van der Waals surface area contributed by atoms with Crippen molar-refractivity contribution < 1.29 is 40.6 Å². The van der Waals surface area contributed by atoms with E-state index in [0.717, 1.165) is 41.2 Å². The molecule has 0 saturated heterocycles. The van der Waals surface area contributed by atoms with Gasteiger partial charge in [0.1, 0.15) is 40.3 Å². The summed E-state index contributed by atoms with van der Waals surface area (Å²) >= 11 is 7.08. The van der Waals surface area contributed by atoms with Gasteiger partial charge in [-0.3, -0.25) is 4.79 Å². The number of fused-ring (bicyclic) bond motifs is 2. The van der Waals surface area contributed by atoms with Crippen LogP contribution in [0.5, 0.6) is 11.5 Å². The first-order valence-electron chi connectivity index (χ1n) is 17.5. The number of amides is 1. The predicted octanol–water partition coefficient (Wildman–Crippen LogP) is 12.5. The molecule has 0 aliphatic carbocycles. The highest BCUT2D eigenvalue weighted by Gasteiger charge is 2.37. The van der Waals surface area contributed by atoms with Crippen molar-refractivity contribution in [1.29, 1.82) is 0 Å². The Kier molecular flexibility index (Phi) is 13.1. The molecule has 0 fully saturated rings. The van der Waals surface area contributed by atoms with E-state index in [2.05, 4.69) is 5.32 Å². The third kappa shape index (κ3) is 9.89. The molecule has 0 bridgehead atoms. The number of nitrogens with zero attached hydrogens (tertiary/aromatic N) is 1. The molecule has 0 atom stereocenters. The number of halogens is 8. The number of alkyl halides is 7. The van der Waals surface area contributed by atoms with Gasteiger partial charge in [-0.25, -0.2) is 0 Å². The van der Waals surface area contributed by atoms with Gasteiger partial charge >= 0.3 is 12.4 Å². The Morgan fingerprint density at radius 2 is 1.19 bits per heavy atom. The SMILES string of the molecule is Cl.FC(F)(F)c1sc(COc2ccc3c(c2)CCN3)cc1-c1ccccc1.O=C(CCl)N1CCc2cc(OCc3cc(-c4ccccc4)c(C(F)(F)F)s3)ccc21. The van der Waals surface area contributed by atoms with E-state index >= 15 is 0 Å². The van der Waals surface area contributed by atoms with Crippen molar-refractivity contribution in [2.45, 2.75) is 38.4 Å². The van der Waals surface area contributed by atoms with E-state index in [1.165, 1.54) is 11.6 Å². The number of hydrogen-bond acceptors (Lipinski definition) is 6. The molecule has 1 amide bonds. The van der Waals surface area contributed by atoms with Gasteiger partial charge in [-0.05, 0) is 83.6 Å². The predicted molar refractivity (Wildman–Crippen MR) is 217 cm³/mol. The summed E-state index contributed by atoms with van der Waals surface area (Å²) in [6.07, 6.45) is -7.19. The van der Waals surface area contributed by atoms with Crippen molar-refractivity contribution in [3.8, 4) is 33.8 Å². The first kappa shape index (κ1) is 41.9. The molecule has 0 saturated carbocycles. The Hall–Kier alpha value is -4.69. The summed E-state index contributed by atoms with van der Waals surface area (Å²) in [5.41, 5.74) is 5.48. The van der Waals surface area contributed by atoms with E-state index < -0.39 is 22.1 Å². The molecule has 0 unspecified atom stereocenters. The normalized spacial score (nSPS) is 13.1. The Bertz CT molecular complexity index is 2310. The lowest BCUT2D eigenvalue weighted by Crippen LogP contribution is -2.29. The van der Waals surface area contributed by atoms with Gasteiger partial charge in [-0.1, -0.05) is 60.7 Å². The van der Waals surface area contributed by atoms with Crippen LogP contribution in [0.25, 0.3) is 22.3 Å². The van der Waals surface area contributed by atoms with E-state index in [1.807, 2.05) is 24.3 Å². The fraction of sp³-hybridized carbons (Fsp3) is 0.214. The summed E-state index contributed by atoms with van der Waals surface area (Å²) in [6.45, 7) is 1.61. The summed E-state index contributed by atoms with van der Waals surface area (Å²) in [7, 11) is 0. The quantitative estimate of drug-likeness (QED) is 0.116. The van der Waals surface area contributed by atoms with Gasteiger partial charge < -0.3 is 19.7 Å². The van der Waals surface area contributed by atoms with Gasteiger partial charge in [-0.15, -0.1) is 46.7 Å².